The summed E-state index contributed by atoms with van der Waals surface area (Å²) < 4.78 is 1.66. The number of fused-ring (bicyclic) bond motifs is 1. The summed E-state index contributed by atoms with van der Waals surface area (Å²) in [4.78, 5) is 33.6. The van der Waals surface area contributed by atoms with Gasteiger partial charge in [-0.15, -0.1) is 0 Å². The maximum Gasteiger partial charge on any atom is 0.266 e. The van der Waals surface area contributed by atoms with E-state index in [1.54, 1.807) is 22.6 Å². The Kier molecular flexibility index (Phi) is 7.45. The fourth-order valence-corrected chi connectivity index (χ4v) is 4.42. The standard InChI is InChI=1S/C30H33N3O2/c1-5-6-7-13-23-17-19-24(20-18-23)29(34)32(4)22(3)28-31-26-15-10-9-14-25(26)30(35)33(28)27-16-11-8-12-21(27)2/h8-12,14-20,22H,5-7,13H2,1-4H3. The van der Waals surface area contributed by atoms with Crippen molar-refractivity contribution >= 4 is 16.8 Å². The molecule has 35 heavy (non-hydrogen) atoms. The van der Waals surface area contributed by atoms with Crippen LogP contribution in [0.15, 0.2) is 77.6 Å². The van der Waals surface area contributed by atoms with Crippen molar-refractivity contribution in [3.8, 4) is 5.69 Å². The summed E-state index contributed by atoms with van der Waals surface area (Å²) in [5, 5.41) is 0.555. The molecular weight excluding hydrogens is 434 g/mol. The Labute approximate surface area is 207 Å². The molecule has 0 aliphatic heterocycles. The van der Waals surface area contributed by atoms with E-state index in [1.807, 2.05) is 80.6 Å². The molecule has 1 heterocycles. The van der Waals surface area contributed by atoms with Gasteiger partial charge in [-0.2, -0.15) is 0 Å². The Bertz CT molecular complexity index is 1390. The largest absolute Gasteiger partial charge is 0.332 e. The lowest BCUT2D eigenvalue weighted by atomic mass is 10.0. The summed E-state index contributed by atoms with van der Waals surface area (Å²) in [7, 11) is 1.77. The number of hydrogen-bond acceptors (Lipinski definition) is 3. The third-order valence-corrected chi connectivity index (χ3v) is 6.70. The zero-order valence-electron chi connectivity index (χ0n) is 21.0. The van der Waals surface area contributed by atoms with Crippen LogP contribution in [0.5, 0.6) is 0 Å². The first kappa shape index (κ1) is 24.4. The first-order chi connectivity index (χ1) is 16.9. The second-order valence-electron chi connectivity index (χ2n) is 9.16. The van der Waals surface area contributed by atoms with Gasteiger partial charge >= 0.3 is 0 Å². The molecule has 1 atom stereocenters. The van der Waals surface area contributed by atoms with Gasteiger partial charge in [0.25, 0.3) is 11.5 Å². The minimum atomic E-state index is -0.427. The molecule has 0 saturated heterocycles. The van der Waals surface area contributed by atoms with Crippen molar-refractivity contribution < 1.29 is 4.79 Å². The highest BCUT2D eigenvalue weighted by molar-refractivity contribution is 5.94. The molecule has 1 amide bonds. The number of hydrogen-bond donors (Lipinski definition) is 0. The summed E-state index contributed by atoms with van der Waals surface area (Å²) in [5.74, 6) is 0.436. The minimum absolute atomic E-state index is 0.101. The molecule has 5 nitrogen and oxygen atoms in total. The van der Waals surface area contributed by atoms with E-state index in [4.69, 9.17) is 4.98 Å². The van der Waals surface area contributed by atoms with Gasteiger partial charge in [0.15, 0.2) is 0 Å². The molecule has 0 fully saturated rings. The SMILES string of the molecule is CCCCCc1ccc(C(=O)N(C)C(C)c2nc3ccccc3c(=O)n2-c2ccccc2C)cc1. The Hall–Kier alpha value is -3.73. The number of aromatic nitrogens is 2. The number of amides is 1. The lowest BCUT2D eigenvalue weighted by molar-refractivity contribution is 0.0735. The van der Waals surface area contributed by atoms with Gasteiger partial charge in [0.2, 0.25) is 0 Å². The first-order valence-corrected chi connectivity index (χ1v) is 12.4. The van der Waals surface area contributed by atoms with E-state index in [9.17, 15) is 9.59 Å². The van der Waals surface area contributed by atoms with Gasteiger partial charge in [-0.3, -0.25) is 14.2 Å². The summed E-state index contributed by atoms with van der Waals surface area (Å²) >= 11 is 0. The Morgan fingerprint density at radius 3 is 2.37 bits per heavy atom. The number of nitrogens with zero attached hydrogens (tertiary/aromatic N) is 3. The van der Waals surface area contributed by atoms with Crippen molar-refractivity contribution in [1.29, 1.82) is 0 Å². The van der Waals surface area contributed by atoms with Crippen molar-refractivity contribution in [3.05, 3.63) is 106 Å². The predicted octanol–water partition coefficient (Wildman–Crippen LogP) is 6.26. The topological polar surface area (TPSA) is 55.2 Å². The van der Waals surface area contributed by atoms with Crippen LogP contribution in [-0.4, -0.2) is 27.4 Å². The average Bonchev–Trinajstić information content (AvgIpc) is 2.88. The quantitative estimate of drug-likeness (QED) is 0.287. The molecule has 3 aromatic carbocycles. The molecule has 0 aliphatic carbocycles. The van der Waals surface area contributed by atoms with Crippen LogP contribution in [0, 0.1) is 6.92 Å². The van der Waals surface area contributed by atoms with E-state index in [1.165, 1.54) is 18.4 Å². The monoisotopic (exact) mass is 467 g/mol. The first-order valence-electron chi connectivity index (χ1n) is 12.4. The van der Waals surface area contributed by atoms with Gasteiger partial charge < -0.3 is 4.90 Å². The third-order valence-electron chi connectivity index (χ3n) is 6.70. The van der Waals surface area contributed by atoms with Gasteiger partial charge in [0.05, 0.1) is 22.6 Å². The molecule has 1 aromatic heterocycles. The smallest absolute Gasteiger partial charge is 0.266 e. The highest BCUT2D eigenvalue weighted by Crippen LogP contribution is 2.24. The number of para-hydroxylation sites is 2. The van der Waals surface area contributed by atoms with E-state index in [0.29, 0.717) is 22.3 Å². The van der Waals surface area contributed by atoms with Crippen molar-refractivity contribution in [1.82, 2.24) is 14.5 Å². The zero-order valence-corrected chi connectivity index (χ0v) is 21.0. The van der Waals surface area contributed by atoms with Gasteiger partial charge in [0.1, 0.15) is 5.82 Å². The summed E-state index contributed by atoms with van der Waals surface area (Å²) in [6, 6.07) is 22.6. The second kappa shape index (κ2) is 10.7. The summed E-state index contributed by atoms with van der Waals surface area (Å²) in [5.41, 5.74) is 4.10. The maximum absolute atomic E-state index is 13.6. The fourth-order valence-electron chi connectivity index (χ4n) is 4.42. The van der Waals surface area contributed by atoms with E-state index >= 15 is 0 Å². The number of rotatable bonds is 8. The molecule has 0 aliphatic rings. The van der Waals surface area contributed by atoms with Gasteiger partial charge in [-0.05, 0) is 68.1 Å². The van der Waals surface area contributed by atoms with Crippen LogP contribution < -0.4 is 5.56 Å². The minimum Gasteiger partial charge on any atom is -0.332 e. The van der Waals surface area contributed by atoms with Crippen LogP contribution in [0.1, 0.15) is 66.5 Å². The molecule has 0 radical (unpaired) electrons. The van der Waals surface area contributed by atoms with Crippen LogP contribution >= 0.6 is 0 Å². The van der Waals surface area contributed by atoms with Crippen molar-refractivity contribution in [2.24, 2.45) is 0 Å². The van der Waals surface area contributed by atoms with Crippen LogP contribution in [0.3, 0.4) is 0 Å². The van der Waals surface area contributed by atoms with Crippen molar-refractivity contribution in [2.75, 3.05) is 7.05 Å². The zero-order chi connectivity index (χ0) is 24.9. The molecule has 5 heteroatoms. The Morgan fingerprint density at radius 2 is 1.66 bits per heavy atom. The highest BCUT2D eigenvalue weighted by Gasteiger charge is 2.25. The Balaban J connectivity index is 1.72. The average molecular weight is 468 g/mol. The van der Waals surface area contributed by atoms with Gasteiger partial charge in [-0.25, -0.2) is 4.98 Å². The number of benzene rings is 3. The lowest BCUT2D eigenvalue weighted by Gasteiger charge is -2.27. The van der Waals surface area contributed by atoms with Crippen molar-refractivity contribution in [2.45, 2.75) is 52.5 Å². The number of unbranched alkanes of at least 4 members (excludes halogenated alkanes) is 2. The molecule has 0 N–H and O–H groups in total. The number of aryl methyl sites for hydroxylation is 2. The van der Waals surface area contributed by atoms with E-state index in [0.717, 1.165) is 24.1 Å². The van der Waals surface area contributed by atoms with Crippen LogP contribution in [0.25, 0.3) is 16.6 Å². The number of carbonyl (C=O) groups is 1. The fraction of sp³-hybridized carbons (Fsp3) is 0.300. The van der Waals surface area contributed by atoms with Crippen LogP contribution in [0.4, 0.5) is 0 Å². The second-order valence-corrected chi connectivity index (χ2v) is 9.16. The third kappa shape index (κ3) is 5.04. The molecule has 0 bridgehead atoms. The molecule has 1 unspecified atom stereocenters. The molecule has 0 saturated carbocycles. The highest BCUT2D eigenvalue weighted by atomic mass is 16.2. The summed E-state index contributed by atoms with van der Waals surface area (Å²) in [6.07, 6.45) is 4.58. The lowest BCUT2D eigenvalue weighted by Crippen LogP contribution is -2.35. The Morgan fingerprint density at radius 1 is 0.971 bits per heavy atom. The molecule has 4 aromatic rings. The maximum atomic E-state index is 13.6. The van der Waals surface area contributed by atoms with Crippen LogP contribution in [-0.2, 0) is 6.42 Å². The number of carbonyl (C=O) groups excluding carboxylic acids is 1. The van der Waals surface area contributed by atoms with Crippen LogP contribution in [0.2, 0.25) is 0 Å². The van der Waals surface area contributed by atoms with Gasteiger partial charge in [-0.1, -0.05) is 62.2 Å². The summed E-state index contributed by atoms with van der Waals surface area (Å²) in [6.45, 7) is 6.09. The van der Waals surface area contributed by atoms with Gasteiger partial charge in [0, 0.05) is 12.6 Å². The normalized spacial score (nSPS) is 12.0. The van der Waals surface area contributed by atoms with E-state index in [-0.39, 0.29) is 11.5 Å². The molecule has 4 rings (SSSR count). The molecule has 0 spiro atoms. The predicted molar refractivity (Wildman–Crippen MR) is 142 cm³/mol. The van der Waals surface area contributed by atoms with E-state index in [2.05, 4.69) is 6.92 Å². The van der Waals surface area contributed by atoms with Crippen molar-refractivity contribution in [3.63, 3.8) is 0 Å². The van der Waals surface area contributed by atoms with E-state index < -0.39 is 6.04 Å². The molecule has 180 valence electrons. The molecular formula is C30H33N3O2.